The minimum atomic E-state index is -0.758. The molecule has 0 fully saturated rings. The van der Waals surface area contributed by atoms with Crippen molar-refractivity contribution in [2.75, 3.05) is 0 Å². The van der Waals surface area contributed by atoms with E-state index in [1.54, 1.807) is 12.1 Å². The maximum Gasteiger partial charge on any atom is 0.343 e. The van der Waals surface area contributed by atoms with Gasteiger partial charge in [0.15, 0.2) is 17.2 Å². The predicted molar refractivity (Wildman–Crippen MR) is 115 cm³/mol. The third-order valence-corrected chi connectivity index (χ3v) is 5.20. The zero-order valence-electron chi connectivity index (χ0n) is 15.7. The first-order valence-electron chi connectivity index (χ1n) is 9.32. The Morgan fingerprint density at radius 3 is 2.03 bits per heavy atom. The summed E-state index contributed by atoms with van der Waals surface area (Å²) in [5.41, 5.74) is -0.0783. The van der Waals surface area contributed by atoms with Gasteiger partial charge in [0, 0.05) is 5.39 Å². The van der Waals surface area contributed by atoms with Crippen molar-refractivity contribution in [1.82, 2.24) is 0 Å². The van der Waals surface area contributed by atoms with Crippen LogP contribution in [0.4, 0.5) is 0 Å². The van der Waals surface area contributed by atoms with Crippen molar-refractivity contribution in [2.24, 2.45) is 0 Å². The molecule has 0 unspecified atom stereocenters. The van der Waals surface area contributed by atoms with E-state index in [1.165, 1.54) is 0 Å². The molecule has 0 heterocycles. The summed E-state index contributed by atoms with van der Waals surface area (Å²) < 4.78 is 5.64. The summed E-state index contributed by atoms with van der Waals surface area (Å²) in [6.45, 7) is 0. The van der Waals surface area contributed by atoms with Crippen LogP contribution in [-0.2, 0) is 0 Å². The second kappa shape index (κ2) is 6.67. The van der Waals surface area contributed by atoms with Crippen molar-refractivity contribution < 1.29 is 24.9 Å². The highest BCUT2D eigenvalue weighted by molar-refractivity contribution is 6.15. The van der Waals surface area contributed by atoms with Gasteiger partial charge in [-0.1, -0.05) is 48.5 Å². The molecular formula is C25H16O5. The van der Waals surface area contributed by atoms with Gasteiger partial charge in [0.25, 0.3) is 0 Å². The van der Waals surface area contributed by atoms with Gasteiger partial charge in [0.05, 0.1) is 5.56 Å². The zero-order valence-corrected chi connectivity index (χ0v) is 15.7. The average molecular weight is 396 g/mol. The normalized spacial score (nSPS) is 11.2. The van der Waals surface area contributed by atoms with E-state index >= 15 is 0 Å². The van der Waals surface area contributed by atoms with Crippen molar-refractivity contribution >= 4 is 38.3 Å². The molecule has 0 saturated carbocycles. The maximum atomic E-state index is 12.7. The van der Waals surface area contributed by atoms with E-state index in [9.17, 15) is 20.1 Å². The molecule has 5 nitrogen and oxygen atoms in total. The van der Waals surface area contributed by atoms with Crippen molar-refractivity contribution in [3.05, 3.63) is 84.4 Å². The molecule has 5 aromatic carbocycles. The molecule has 0 aliphatic rings. The Morgan fingerprint density at radius 1 is 0.667 bits per heavy atom. The van der Waals surface area contributed by atoms with Gasteiger partial charge in [-0.25, -0.2) is 4.79 Å². The van der Waals surface area contributed by atoms with E-state index in [0.717, 1.165) is 44.5 Å². The third kappa shape index (κ3) is 2.84. The summed E-state index contributed by atoms with van der Waals surface area (Å²) in [4.78, 5) is 12.7. The summed E-state index contributed by atoms with van der Waals surface area (Å²) in [7, 11) is 0. The zero-order chi connectivity index (χ0) is 20.8. The maximum absolute atomic E-state index is 12.7. The second-order valence-corrected chi connectivity index (χ2v) is 7.09. The van der Waals surface area contributed by atoms with Crippen molar-refractivity contribution in [3.8, 4) is 23.0 Å². The molecule has 0 amide bonds. The summed E-state index contributed by atoms with van der Waals surface area (Å²) in [5.74, 6) is -2.28. The number of carbonyl (C=O) groups excluding carboxylic acids is 1. The smallest absolute Gasteiger partial charge is 0.343 e. The van der Waals surface area contributed by atoms with E-state index in [-0.39, 0.29) is 5.56 Å². The molecule has 5 rings (SSSR count). The standard InChI is InChI=1S/C25H16O5/c26-20-12-18(13-21(27)24(20)28)25(29)30-22-7-3-6-14-8-9-17-10-15-4-1-2-5-16(15)11-19(17)23(14)22/h1-13,26-28H. The lowest BCUT2D eigenvalue weighted by Crippen LogP contribution is -2.08. The average Bonchev–Trinajstić information content (AvgIpc) is 2.75. The number of ether oxygens (including phenoxy) is 1. The van der Waals surface area contributed by atoms with Gasteiger partial charge in [0.2, 0.25) is 0 Å². The van der Waals surface area contributed by atoms with Crippen LogP contribution < -0.4 is 4.74 Å². The molecule has 5 aromatic rings. The quantitative estimate of drug-likeness (QED) is 0.121. The Morgan fingerprint density at radius 2 is 1.30 bits per heavy atom. The summed E-state index contributed by atoms with van der Waals surface area (Å²) in [5, 5.41) is 34.8. The minimum Gasteiger partial charge on any atom is -0.504 e. The van der Waals surface area contributed by atoms with Crippen LogP contribution in [0, 0.1) is 0 Å². The van der Waals surface area contributed by atoms with E-state index < -0.39 is 23.2 Å². The third-order valence-electron chi connectivity index (χ3n) is 5.20. The summed E-state index contributed by atoms with van der Waals surface area (Å²) >= 11 is 0. The second-order valence-electron chi connectivity index (χ2n) is 7.09. The molecule has 30 heavy (non-hydrogen) atoms. The molecule has 0 saturated heterocycles. The highest BCUT2D eigenvalue weighted by atomic mass is 16.5. The molecule has 0 atom stereocenters. The number of rotatable bonds is 2. The first kappa shape index (κ1) is 17.8. The highest BCUT2D eigenvalue weighted by Gasteiger charge is 2.17. The number of phenolic OH excluding ortho intramolecular Hbond substituents is 3. The summed E-state index contributed by atoms with van der Waals surface area (Å²) in [6, 6.07) is 23.8. The van der Waals surface area contributed by atoms with Crippen LogP contribution in [0.5, 0.6) is 23.0 Å². The topological polar surface area (TPSA) is 87.0 Å². The van der Waals surface area contributed by atoms with Crippen LogP contribution in [0.25, 0.3) is 32.3 Å². The number of hydrogen-bond acceptors (Lipinski definition) is 5. The Balaban J connectivity index is 1.68. The largest absolute Gasteiger partial charge is 0.504 e. The Hall–Kier alpha value is -4.25. The fourth-order valence-corrected chi connectivity index (χ4v) is 3.73. The first-order valence-corrected chi connectivity index (χ1v) is 9.32. The van der Waals surface area contributed by atoms with Gasteiger partial charge in [-0.2, -0.15) is 0 Å². The lowest BCUT2D eigenvalue weighted by Gasteiger charge is -2.12. The number of aromatic hydroxyl groups is 3. The Labute approximate surface area is 171 Å². The van der Waals surface area contributed by atoms with E-state index in [2.05, 4.69) is 18.2 Å². The number of phenols is 3. The molecule has 0 aliphatic heterocycles. The molecular weight excluding hydrogens is 380 g/mol. The van der Waals surface area contributed by atoms with Crippen molar-refractivity contribution in [3.63, 3.8) is 0 Å². The SMILES string of the molecule is O=C(Oc1cccc2ccc3cc4ccccc4cc3c12)c1cc(O)c(O)c(O)c1. The van der Waals surface area contributed by atoms with Crippen LogP contribution in [-0.4, -0.2) is 21.3 Å². The lowest BCUT2D eigenvalue weighted by molar-refractivity contribution is 0.0736. The Kier molecular flexibility index (Phi) is 3.96. The van der Waals surface area contributed by atoms with Gasteiger partial charge < -0.3 is 20.1 Å². The molecule has 0 spiro atoms. The molecule has 3 N–H and O–H groups in total. The first-order chi connectivity index (χ1) is 14.5. The van der Waals surface area contributed by atoms with Gasteiger partial charge in [-0.15, -0.1) is 0 Å². The monoisotopic (exact) mass is 396 g/mol. The molecule has 0 radical (unpaired) electrons. The van der Waals surface area contributed by atoms with Crippen LogP contribution in [0.15, 0.2) is 78.9 Å². The molecule has 5 heteroatoms. The number of esters is 1. The number of benzene rings is 5. The fourth-order valence-electron chi connectivity index (χ4n) is 3.73. The van der Waals surface area contributed by atoms with Crippen LogP contribution >= 0.6 is 0 Å². The molecule has 146 valence electrons. The van der Waals surface area contributed by atoms with Gasteiger partial charge in [-0.05, 0) is 57.3 Å². The fraction of sp³-hybridized carbons (Fsp3) is 0. The molecule has 0 bridgehead atoms. The van der Waals surface area contributed by atoms with E-state index in [1.807, 2.05) is 36.4 Å². The van der Waals surface area contributed by atoms with Crippen LogP contribution in [0.3, 0.4) is 0 Å². The minimum absolute atomic E-state index is 0.0783. The lowest BCUT2D eigenvalue weighted by atomic mass is 9.98. The van der Waals surface area contributed by atoms with Crippen molar-refractivity contribution in [2.45, 2.75) is 0 Å². The molecule has 0 aliphatic carbocycles. The van der Waals surface area contributed by atoms with E-state index in [4.69, 9.17) is 4.74 Å². The van der Waals surface area contributed by atoms with Crippen LogP contribution in [0.1, 0.15) is 10.4 Å². The number of hydrogen-bond donors (Lipinski definition) is 3. The van der Waals surface area contributed by atoms with Gasteiger partial charge in [0.1, 0.15) is 5.75 Å². The van der Waals surface area contributed by atoms with Crippen molar-refractivity contribution in [1.29, 1.82) is 0 Å². The van der Waals surface area contributed by atoms with Crippen LogP contribution in [0.2, 0.25) is 0 Å². The highest BCUT2D eigenvalue weighted by Crippen LogP contribution is 2.38. The number of fused-ring (bicyclic) bond motifs is 4. The van der Waals surface area contributed by atoms with Gasteiger partial charge >= 0.3 is 5.97 Å². The predicted octanol–water partition coefficient (Wildman–Crippen LogP) is 5.48. The summed E-state index contributed by atoms with van der Waals surface area (Å²) in [6.07, 6.45) is 0. The number of carbonyl (C=O) groups is 1. The van der Waals surface area contributed by atoms with E-state index in [0.29, 0.717) is 5.75 Å². The van der Waals surface area contributed by atoms with Gasteiger partial charge in [-0.3, -0.25) is 0 Å². The Bertz CT molecular complexity index is 1450. The molecule has 0 aromatic heterocycles.